The highest BCUT2D eigenvalue weighted by molar-refractivity contribution is 6.03. The van der Waals surface area contributed by atoms with Crippen molar-refractivity contribution in [2.24, 2.45) is 5.10 Å². The smallest absolute Gasteiger partial charge is 0.240 e. The Hall–Kier alpha value is -3.02. The predicted octanol–water partition coefficient (Wildman–Crippen LogP) is 3.16. The molecule has 0 saturated heterocycles. The van der Waals surface area contributed by atoms with E-state index in [1.165, 1.54) is 6.92 Å². The summed E-state index contributed by atoms with van der Waals surface area (Å²) in [5, 5.41) is 6.12. The number of carbonyl (C=O) groups is 1. The molecule has 0 N–H and O–H groups in total. The van der Waals surface area contributed by atoms with Gasteiger partial charge in [0.05, 0.1) is 18.9 Å². The number of hydrogen-bond donors (Lipinski definition) is 0. The average molecular weight is 352 g/mol. The summed E-state index contributed by atoms with van der Waals surface area (Å²) in [6, 6.07) is 13.4. The maximum Gasteiger partial charge on any atom is 0.240 e. The van der Waals surface area contributed by atoms with Crippen molar-refractivity contribution < 1.29 is 19.0 Å². The summed E-state index contributed by atoms with van der Waals surface area (Å²) in [7, 11) is 1.64. The molecule has 6 heteroatoms. The zero-order valence-corrected chi connectivity index (χ0v) is 14.8. The lowest BCUT2D eigenvalue weighted by molar-refractivity contribution is -0.130. The minimum absolute atomic E-state index is 0.0894. The Bertz CT molecular complexity index is 861. The number of benzene rings is 2. The van der Waals surface area contributed by atoms with Crippen LogP contribution in [0, 0.1) is 0 Å². The molecule has 0 aliphatic carbocycles. The molecule has 0 bridgehead atoms. The molecule has 0 aromatic heterocycles. The van der Waals surface area contributed by atoms with E-state index in [9.17, 15) is 4.79 Å². The van der Waals surface area contributed by atoms with E-state index in [0.29, 0.717) is 19.6 Å². The van der Waals surface area contributed by atoms with Crippen molar-refractivity contribution in [2.45, 2.75) is 19.4 Å². The van der Waals surface area contributed by atoms with Crippen molar-refractivity contribution in [3.05, 3.63) is 53.6 Å². The van der Waals surface area contributed by atoms with E-state index in [0.717, 1.165) is 34.1 Å². The summed E-state index contributed by atoms with van der Waals surface area (Å²) in [5.41, 5.74) is 2.84. The number of hydrazone groups is 1. The summed E-state index contributed by atoms with van der Waals surface area (Å²) in [5.74, 6) is 2.16. The molecule has 2 heterocycles. The van der Waals surface area contributed by atoms with Gasteiger partial charge in [0.1, 0.15) is 19.0 Å². The van der Waals surface area contributed by atoms with E-state index < -0.39 is 0 Å². The molecule has 0 fully saturated rings. The maximum absolute atomic E-state index is 12.1. The Balaban J connectivity index is 1.63. The van der Waals surface area contributed by atoms with Gasteiger partial charge >= 0.3 is 0 Å². The molecule has 0 spiro atoms. The van der Waals surface area contributed by atoms with Crippen LogP contribution in [-0.4, -0.2) is 37.0 Å². The number of hydrogen-bond acceptors (Lipinski definition) is 5. The second-order valence-corrected chi connectivity index (χ2v) is 6.26. The minimum Gasteiger partial charge on any atom is -0.497 e. The van der Waals surface area contributed by atoms with Crippen molar-refractivity contribution >= 4 is 11.6 Å². The highest BCUT2D eigenvalue weighted by Crippen LogP contribution is 2.38. The summed E-state index contributed by atoms with van der Waals surface area (Å²) >= 11 is 0. The number of amides is 1. The molecule has 134 valence electrons. The van der Waals surface area contributed by atoms with Crippen LogP contribution in [0.15, 0.2) is 47.6 Å². The Morgan fingerprint density at radius 2 is 1.85 bits per heavy atom. The lowest BCUT2D eigenvalue weighted by atomic mass is 9.98. The minimum atomic E-state index is -0.152. The second kappa shape index (κ2) is 6.71. The number of methoxy groups -OCH3 is 1. The third-order valence-corrected chi connectivity index (χ3v) is 4.61. The van der Waals surface area contributed by atoms with Crippen LogP contribution in [0.25, 0.3) is 0 Å². The van der Waals surface area contributed by atoms with Gasteiger partial charge in [-0.2, -0.15) is 5.10 Å². The quantitative estimate of drug-likeness (QED) is 0.851. The topological polar surface area (TPSA) is 60.4 Å². The number of carbonyl (C=O) groups excluding carboxylic acids is 1. The summed E-state index contributed by atoms with van der Waals surface area (Å²) < 4.78 is 16.5. The number of rotatable bonds is 3. The molecule has 2 aromatic rings. The van der Waals surface area contributed by atoms with E-state index in [2.05, 4.69) is 5.10 Å². The Morgan fingerprint density at radius 3 is 2.54 bits per heavy atom. The van der Waals surface area contributed by atoms with E-state index in [1.807, 2.05) is 42.5 Å². The van der Waals surface area contributed by atoms with Crippen LogP contribution in [0.4, 0.5) is 0 Å². The normalized spacial score (nSPS) is 18.5. The van der Waals surface area contributed by atoms with Gasteiger partial charge in [-0.25, -0.2) is 5.01 Å². The average Bonchev–Trinajstić information content (AvgIpc) is 3.13. The van der Waals surface area contributed by atoms with Gasteiger partial charge in [0.2, 0.25) is 5.91 Å². The second-order valence-electron chi connectivity index (χ2n) is 6.26. The van der Waals surface area contributed by atoms with E-state index >= 15 is 0 Å². The monoisotopic (exact) mass is 352 g/mol. The number of fused-ring (bicyclic) bond motifs is 1. The van der Waals surface area contributed by atoms with Crippen LogP contribution < -0.4 is 14.2 Å². The highest BCUT2D eigenvalue weighted by atomic mass is 16.6. The van der Waals surface area contributed by atoms with Crippen molar-refractivity contribution in [1.82, 2.24) is 5.01 Å². The van der Waals surface area contributed by atoms with Crippen molar-refractivity contribution in [3.63, 3.8) is 0 Å². The van der Waals surface area contributed by atoms with Crippen LogP contribution in [0.5, 0.6) is 17.2 Å². The SMILES string of the molecule is COc1ccc(C2=NN(C(C)=O)C(c3ccc4c(c3)OCCO4)C2)cc1. The molecule has 2 aromatic carbocycles. The zero-order valence-electron chi connectivity index (χ0n) is 14.8. The third-order valence-electron chi connectivity index (χ3n) is 4.61. The van der Waals surface area contributed by atoms with Gasteiger partial charge in [-0.3, -0.25) is 4.79 Å². The standard InChI is InChI=1S/C20H20N2O4/c1-13(23)22-18(15-5-8-19-20(11-15)26-10-9-25-19)12-17(21-22)14-3-6-16(24-2)7-4-14/h3-8,11,18H,9-10,12H2,1-2H3. The molecule has 6 nitrogen and oxygen atoms in total. The fourth-order valence-corrected chi connectivity index (χ4v) is 3.29. The first-order valence-corrected chi connectivity index (χ1v) is 8.57. The maximum atomic E-state index is 12.1. The van der Waals surface area contributed by atoms with Crippen LogP contribution >= 0.6 is 0 Å². The van der Waals surface area contributed by atoms with E-state index in [-0.39, 0.29) is 11.9 Å². The fraction of sp³-hybridized carbons (Fsp3) is 0.300. The highest BCUT2D eigenvalue weighted by Gasteiger charge is 2.32. The van der Waals surface area contributed by atoms with Crippen LogP contribution in [0.1, 0.15) is 30.5 Å². The van der Waals surface area contributed by atoms with Crippen LogP contribution in [-0.2, 0) is 4.79 Å². The first-order valence-electron chi connectivity index (χ1n) is 8.57. The molecule has 4 rings (SSSR count). The van der Waals surface area contributed by atoms with Crippen molar-refractivity contribution in [3.8, 4) is 17.2 Å². The molecule has 2 aliphatic heterocycles. The van der Waals surface area contributed by atoms with Gasteiger partial charge in [-0.1, -0.05) is 6.07 Å². The zero-order chi connectivity index (χ0) is 18.1. The number of ether oxygens (including phenoxy) is 3. The van der Waals surface area contributed by atoms with Crippen LogP contribution in [0.3, 0.4) is 0 Å². The van der Waals surface area contributed by atoms with Crippen molar-refractivity contribution in [1.29, 1.82) is 0 Å². The number of nitrogens with zero attached hydrogens (tertiary/aromatic N) is 2. The molecular formula is C20H20N2O4. The lowest BCUT2D eigenvalue weighted by Gasteiger charge is -2.23. The fourth-order valence-electron chi connectivity index (χ4n) is 3.29. The Labute approximate surface area is 152 Å². The first kappa shape index (κ1) is 16.4. The van der Waals surface area contributed by atoms with Gasteiger partial charge in [0.15, 0.2) is 11.5 Å². The molecule has 1 amide bonds. The van der Waals surface area contributed by atoms with Crippen molar-refractivity contribution in [2.75, 3.05) is 20.3 Å². The van der Waals surface area contributed by atoms with Crippen LogP contribution in [0.2, 0.25) is 0 Å². The predicted molar refractivity (Wildman–Crippen MR) is 96.8 cm³/mol. The molecular weight excluding hydrogens is 332 g/mol. The molecule has 1 atom stereocenters. The largest absolute Gasteiger partial charge is 0.497 e. The van der Waals surface area contributed by atoms with E-state index in [4.69, 9.17) is 14.2 Å². The molecule has 2 aliphatic rings. The van der Waals surface area contributed by atoms with Gasteiger partial charge in [0.25, 0.3) is 0 Å². The summed E-state index contributed by atoms with van der Waals surface area (Å²) in [6.45, 7) is 2.62. The lowest BCUT2D eigenvalue weighted by Crippen LogP contribution is -2.24. The van der Waals surface area contributed by atoms with Gasteiger partial charge in [-0.15, -0.1) is 0 Å². The molecule has 0 saturated carbocycles. The molecule has 26 heavy (non-hydrogen) atoms. The van der Waals surface area contributed by atoms with Gasteiger partial charge < -0.3 is 14.2 Å². The Kier molecular flexibility index (Phi) is 4.24. The van der Waals surface area contributed by atoms with E-state index in [1.54, 1.807) is 12.1 Å². The Morgan fingerprint density at radius 1 is 1.12 bits per heavy atom. The summed E-state index contributed by atoms with van der Waals surface area (Å²) in [6.07, 6.45) is 0.644. The summed E-state index contributed by atoms with van der Waals surface area (Å²) in [4.78, 5) is 12.1. The van der Waals surface area contributed by atoms with Gasteiger partial charge in [-0.05, 0) is 47.5 Å². The molecule has 0 radical (unpaired) electrons. The van der Waals surface area contributed by atoms with Gasteiger partial charge in [0, 0.05) is 13.3 Å². The first-order chi connectivity index (χ1) is 12.7. The molecule has 1 unspecified atom stereocenters. The third kappa shape index (κ3) is 2.98.